The minimum atomic E-state index is 0.0300. The highest BCUT2D eigenvalue weighted by Gasteiger charge is 2.06. The lowest BCUT2D eigenvalue weighted by Gasteiger charge is -2.12. The summed E-state index contributed by atoms with van der Waals surface area (Å²) in [5, 5.41) is 0.735. The van der Waals surface area contributed by atoms with Crippen LogP contribution in [0.1, 0.15) is 0 Å². The third-order valence-corrected chi connectivity index (χ3v) is 2.90. The summed E-state index contributed by atoms with van der Waals surface area (Å²) in [6.07, 6.45) is 5.20. The van der Waals surface area contributed by atoms with Gasteiger partial charge < -0.3 is 4.57 Å². The maximum Gasteiger partial charge on any atom is 0.191 e. The van der Waals surface area contributed by atoms with Gasteiger partial charge in [-0.2, -0.15) is 0 Å². The van der Waals surface area contributed by atoms with Crippen molar-refractivity contribution in [2.75, 3.05) is 0 Å². The fourth-order valence-electron chi connectivity index (χ4n) is 2.03. The Bertz CT molecular complexity index is 726. The van der Waals surface area contributed by atoms with E-state index in [0.29, 0.717) is 0 Å². The van der Waals surface area contributed by atoms with Gasteiger partial charge in [-0.25, -0.2) is 4.98 Å². The van der Waals surface area contributed by atoms with Crippen molar-refractivity contribution >= 4 is 10.9 Å². The van der Waals surface area contributed by atoms with E-state index in [0.717, 1.165) is 16.7 Å². The van der Waals surface area contributed by atoms with Gasteiger partial charge in [0.1, 0.15) is 12.1 Å². The molecule has 3 aromatic rings. The number of pyridine rings is 1. The number of fused-ring (bicyclic) bond motifs is 1. The molecule has 0 aliphatic heterocycles. The van der Waals surface area contributed by atoms with Crippen LogP contribution < -0.4 is 5.43 Å². The first kappa shape index (κ1) is 9.84. The number of benzene rings is 1. The summed E-state index contributed by atoms with van der Waals surface area (Å²) in [5.41, 5.74) is 0.950. The Labute approximate surface area is 97.8 Å². The zero-order chi connectivity index (χ0) is 11.8. The first-order valence-electron chi connectivity index (χ1n) is 5.34. The van der Waals surface area contributed by atoms with Crippen molar-refractivity contribution in [1.29, 1.82) is 0 Å². The molecule has 4 heteroatoms. The van der Waals surface area contributed by atoms with Gasteiger partial charge in [0.05, 0.1) is 5.52 Å². The van der Waals surface area contributed by atoms with Crippen LogP contribution in [0.5, 0.6) is 0 Å². The van der Waals surface area contributed by atoms with Crippen LogP contribution in [-0.4, -0.2) is 14.1 Å². The molecule has 0 amide bonds. The van der Waals surface area contributed by atoms with Crippen molar-refractivity contribution in [3.63, 3.8) is 0 Å². The largest absolute Gasteiger partial charge is 0.330 e. The fraction of sp³-hybridized carbons (Fsp3) is 0.0769. The molecular weight excluding hydrogens is 214 g/mol. The first-order valence-corrected chi connectivity index (χ1v) is 5.34. The molecule has 0 saturated carbocycles. The maximum atomic E-state index is 12.0. The molecule has 2 heterocycles. The van der Waals surface area contributed by atoms with Gasteiger partial charge >= 0.3 is 0 Å². The second kappa shape index (κ2) is 3.59. The van der Waals surface area contributed by atoms with Crippen molar-refractivity contribution in [2.24, 2.45) is 7.05 Å². The Morgan fingerprint density at radius 2 is 2.06 bits per heavy atom. The summed E-state index contributed by atoms with van der Waals surface area (Å²) in [5.74, 6) is 0.811. The van der Waals surface area contributed by atoms with Crippen LogP contribution >= 0.6 is 0 Å². The predicted octanol–water partition coefficient (Wildman–Crippen LogP) is 1.72. The number of imidazole rings is 1. The summed E-state index contributed by atoms with van der Waals surface area (Å²) in [6.45, 7) is 0. The zero-order valence-electron chi connectivity index (χ0n) is 9.37. The van der Waals surface area contributed by atoms with Gasteiger partial charge in [-0.1, -0.05) is 12.1 Å². The predicted molar refractivity (Wildman–Crippen MR) is 66.3 cm³/mol. The third-order valence-electron chi connectivity index (χ3n) is 2.90. The van der Waals surface area contributed by atoms with Crippen LogP contribution in [-0.2, 0) is 7.05 Å². The van der Waals surface area contributed by atoms with E-state index < -0.39 is 0 Å². The summed E-state index contributed by atoms with van der Waals surface area (Å²) >= 11 is 0. The number of hydrogen-bond donors (Lipinski definition) is 0. The lowest BCUT2D eigenvalue weighted by molar-refractivity contribution is 0.851. The molecule has 0 radical (unpaired) electrons. The molecule has 0 spiro atoms. The van der Waals surface area contributed by atoms with Gasteiger partial charge in [0.2, 0.25) is 0 Å². The number of aromatic nitrogens is 3. The van der Waals surface area contributed by atoms with Crippen LogP contribution in [0.2, 0.25) is 0 Å². The van der Waals surface area contributed by atoms with E-state index >= 15 is 0 Å². The van der Waals surface area contributed by atoms with Crippen LogP contribution in [0, 0.1) is 0 Å². The molecule has 0 saturated heterocycles. The van der Waals surface area contributed by atoms with Crippen LogP contribution in [0.4, 0.5) is 0 Å². The van der Waals surface area contributed by atoms with E-state index in [1.807, 2.05) is 46.6 Å². The van der Waals surface area contributed by atoms with E-state index in [-0.39, 0.29) is 5.43 Å². The molecule has 4 nitrogen and oxygen atoms in total. The molecule has 0 fully saturated rings. The highest BCUT2D eigenvalue weighted by Crippen LogP contribution is 2.13. The lowest BCUT2D eigenvalue weighted by Crippen LogP contribution is -2.12. The van der Waals surface area contributed by atoms with Gasteiger partial charge in [-0.3, -0.25) is 9.36 Å². The first-order chi connectivity index (χ1) is 8.27. The van der Waals surface area contributed by atoms with E-state index in [2.05, 4.69) is 4.98 Å². The van der Waals surface area contributed by atoms with Crippen LogP contribution in [0.3, 0.4) is 0 Å². The van der Waals surface area contributed by atoms with E-state index in [1.54, 1.807) is 18.6 Å². The monoisotopic (exact) mass is 225 g/mol. The molecule has 0 atom stereocenters. The number of nitrogens with zero attached hydrogens (tertiary/aromatic N) is 3. The van der Waals surface area contributed by atoms with Crippen LogP contribution in [0.25, 0.3) is 16.7 Å². The van der Waals surface area contributed by atoms with Gasteiger partial charge in [0.15, 0.2) is 5.43 Å². The minimum Gasteiger partial charge on any atom is -0.330 e. The summed E-state index contributed by atoms with van der Waals surface area (Å²) in [7, 11) is 1.94. The summed E-state index contributed by atoms with van der Waals surface area (Å²) in [6, 6.07) is 9.22. The number of rotatable bonds is 1. The highest BCUT2D eigenvalue weighted by molar-refractivity contribution is 5.79. The normalized spacial score (nSPS) is 10.9. The standard InChI is InChI=1S/C13H11N3O/c1-15-11-5-3-2-4-10(11)12(17)8-13(15)16-7-6-14-9-16/h2-9H,1H3. The Balaban J connectivity index is 2.43. The lowest BCUT2D eigenvalue weighted by atomic mass is 10.2. The Morgan fingerprint density at radius 1 is 1.24 bits per heavy atom. The molecule has 0 unspecified atom stereocenters. The second-order valence-electron chi connectivity index (χ2n) is 3.91. The van der Waals surface area contributed by atoms with Gasteiger partial charge in [-0.15, -0.1) is 0 Å². The van der Waals surface area contributed by atoms with Gasteiger partial charge in [0.25, 0.3) is 0 Å². The Morgan fingerprint density at radius 3 is 2.82 bits per heavy atom. The quantitative estimate of drug-likeness (QED) is 0.632. The van der Waals surface area contributed by atoms with E-state index in [1.165, 1.54) is 0 Å². The van der Waals surface area contributed by atoms with Crippen LogP contribution in [0.15, 0.2) is 53.8 Å². The molecule has 2 aromatic heterocycles. The molecule has 0 aliphatic rings. The average molecular weight is 225 g/mol. The van der Waals surface area contributed by atoms with Crippen molar-refractivity contribution in [1.82, 2.24) is 14.1 Å². The zero-order valence-corrected chi connectivity index (χ0v) is 9.37. The topological polar surface area (TPSA) is 39.8 Å². The van der Waals surface area contributed by atoms with Crippen molar-refractivity contribution in [3.05, 3.63) is 59.3 Å². The average Bonchev–Trinajstić information content (AvgIpc) is 2.87. The molecule has 0 N–H and O–H groups in total. The molecule has 84 valence electrons. The van der Waals surface area contributed by atoms with Gasteiger partial charge in [-0.05, 0) is 12.1 Å². The minimum absolute atomic E-state index is 0.0300. The smallest absolute Gasteiger partial charge is 0.191 e. The number of hydrogen-bond acceptors (Lipinski definition) is 2. The maximum absolute atomic E-state index is 12.0. The SMILES string of the molecule is Cn1c(-n2ccnc2)cc(=O)c2ccccc21. The molecule has 1 aromatic carbocycles. The molecule has 0 aliphatic carbocycles. The van der Waals surface area contributed by atoms with Crippen molar-refractivity contribution in [3.8, 4) is 5.82 Å². The summed E-state index contributed by atoms with van der Waals surface area (Å²) in [4.78, 5) is 16.0. The van der Waals surface area contributed by atoms with E-state index in [9.17, 15) is 4.79 Å². The van der Waals surface area contributed by atoms with E-state index in [4.69, 9.17) is 0 Å². The fourth-order valence-corrected chi connectivity index (χ4v) is 2.03. The number of para-hydroxylation sites is 1. The van der Waals surface area contributed by atoms with Crippen molar-refractivity contribution < 1.29 is 0 Å². The third kappa shape index (κ3) is 1.45. The van der Waals surface area contributed by atoms with Crippen molar-refractivity contribution in [2.45, 2.75) is 0 Å². The summed E-state index contributed by atoms with van der Waals surface area (Å²) < 4.78 is 3.81. The number of aryl methyl sites for hydroxylation is 1. The molecule has 3 rings (SSSR count). The Hall–Kier alpha value is -2.36. The second-order valence-corrected chi connectivity index (χ2v) is 3.91. The Kier molecular flexibility index (Phi) is 2.08. The highest BCUT2D eigenvalue weighted by atomic mass is 16.1. The molecular formula is C13H11N3O. The van der Waals surface area contributed by atoms with Gasteiger partial charge in [0, 0.05) is 30.9 Å². The molecule has 0 bridgehead atoms. The molecule has 17 heavy (non-hydrogen) atoms.